The van der Waals surface area contributed by atoms with Gasteiger partial charge in [-0.2, -0.15) is 0 Å². The van der Waals surface area contributed by atoms with Crippen LogP contribution in [-0.4, -0.2) is 19.1 Å². The van der Waals surface area contributed by atoms with Crippen LogP contribution < -0.4 is 5.32 Å². The van der Waals surface area contributed by atoms with E-state index >= 15 is 0 Å². The van der Waals surface area contributed by atoms with Crippen LogP contribution in [0.15, 0.2) is 21.2 Å². The molecule has 1 aromatic heterocycles. The highest BCUT2D eigenvalue weighted by molar-refractivity contribution is 9.10. The first-order chi connectivity index (χ1) is 6.63. The molecule has 5 heteroatoms. The van der Waals surface area contributed by atoms with E-state index in [1.807, 2.05) is 6.07 Å². The van der Waals surface area contributed by atoms with Gasteiger partial charge in [0.1, 0.15) is 11.8 Å². The Labute approximate surface area is 90.7 Å². The standard InChI is InChI=1S/C9H12BrNO3/c1-6(9(12)13-2)11-5-7-3-4-8(10)14-7/h3-4,6,11H,5H2,1-2H3/t6-/m0/s1. The first kappa shape index (κ1) is 11.3. The minimum Gasteiger partial charge on any atom is -0.468 e. The molecule has 0 radical (unpaired) electrons. The summed E-state index contributed by atoms with van der Waals surface area (Å²) in [5, 5.41) is 2.97. The first-order valence-corrected chi connectivity index (χ1v) is 4.98. The molecule has 0 fully saturated rings. The Morgan fingerprint density at radius 3 is 2.93 bits per heavy atom. The second-order valence-electron chi connectivity index (χ2n) is 2.83. The summed E-state index contributed by atoms with van der Waals surface area (Å²) in [5.41, 5.74) is 0. The number of halogens is 1. The number of furan rings is 1. The summed E-state index contributed by atoms with van der Waals surface area (Å²) in [6.45, 7) is 2.24. The average molecular weight is 262 g/mol. The number of hydrogen-bond donors (Lipinski definition) is 1. The normalized spacial score (nSPS) is 12.5. The van der Waals surface area contributed by atoms with E-state index in [1.165, 1.54) is 7.11 Å². The van der Waals surface area contributed by atoms with Gasteiger partial charge in [-0.15, -0.1) is 0 Å². The third-order valence-electron chi connectivity index (χ3n) is 1.77. The van der Waals surface area contributed by atoms with Crippen LogP contribution in [-0.2, 0) is 16.1 Å². The molecule has 0 spiro atoms. The Morgan fingerprint density at radius 1 is 1.71 bits per heavy atom. The molecule has 1 rings (SSSR count). The van der Waals surface area contributed by atoms with E-state index in [0.29, 0.717) is 11.2 Å². The van der Waals surface area contributed by atoms with Crippen molar-refractivity contribution in [3.05, 3.63) is 22.6 Å². The molecule has 0 unspecified atom stereocenters. The van der Waals surface area contributed by atoms with E-state index in [4.69, 9.17) is 4.42 Å². The number of rotatable bonds is 4. The lowest BCUT2D eigenvalue weighted by Crippen LogP contribution is -2.34. The van der Waals surface area contributed by atoms with E-state index in [2.05, 4.69) is 26.0 Å². The van der Waals surface area contributed by atoms with E-state index in [1.54, 1.807) is 13.0 Å². The highest BCUT2D eigenvalue weighted by Gasteiger charge is 2.12. The molecule has 0 amide bonds. The molecular formula is C9H12BrNO3. The van der Waals surface area contributed by atoms with Gasteiger partial charge in [-0.3, -0.25) is 10.1 Å². The van der Waals surface area contributed by atoms with Gasteiger partial charge in [0, 0.05) is 0 Å². The summed E-state index contributed by atoms with van der Waals surface area (Å²) in [6, 6.07) is 3.31. The monoisotopic (exact) mass is 261 g/mol. The third kappa shape index (κ3) is 3.16. The molecule has 0 aliphatic heterocycles. The third-order valence-corrected chi connectivity index (χ3v) is 2.19. The van der Waals surface area contributed by atoms with Crippen LogP contribution in [0.3, 0.4) is 0 Å². The lowest BCUT2D eigenvalue weighted by atomic mass is 10.3. The van der Waals surface area contributed by atoms with Gasteiger partial charge in [-0.25, -0.2) is 0 Å². The molecule has 0 saturated heterocycles. The van der Waals surface area contributed by atoms with Crippen LogP contribution in [0.4, 0.5) is 0 Å². The lowest BCUT2D eigenvalue weighted by molar-refractivity contribution is -0.142. The van der Waals surface area contributed by atoms with Gasteiger partial charge in [0.05, 0.1) is 13.7 Å². The van der Waals surface area contributed by atoms with Crippen LogP contribution >= 0.6 is 15.9 Å². The van der Waals surface area contributed by atoms with E-state index in [0.717, 1.165) is 5.76 Å². The Hall–Kier alpha value is -0.810. The molecule has 14 heavy (non-hydrogen) atoms. The van der Waals surface area contributed by atoms with Crippen LogP contribution in [0.25, 0.3) is 0 Å². The number of methoxy groups -OCH3 is 1. The average Bonchev–Trinajstić information content (AvgIpc) is 2.59. The minimum atomic E-state index is -0.330. The highest BCUT2D eigenvalue weighted by Crippen LogP contribution is 2.13. The zero-order chi connectivity index (χ0) is 10.6. The van der Waals surface area contributed by atoms with Gasteiger partial charge in [-0.1, -0.05) is 0 Å². The number of carbonyl (C=O) groups excluding carboxylic acids is 1. The van der Waals surface area contributed by atoms with Gasteiger partial charge < -0.3 is 9.15 Å². The molecule has 1 atom stereocenters. The van der Waals surface area contributed by atoms with Gasteiger partial charge in [0.15, 0.2) is 4.67 Å². The van der Waals surface area contributed by atoms with Crippen molar-refractivity contribution in [3.8, 4) is 0 Å². The van der Waals surface area contributed by atoms with Crippen molar-refractivity contribution in [3.63, 3.8) is 0 Å². The second-order valence-corrected chi connectivity index (χ2v) is 3.61. The summed E-state index contributed by atoms with van der Waals surface area (Å²) in [6.07, 6.45) is 0. The van der Waals surface area contributed by atoms with Crippen molar-refractivity contribution in [1.29, 1.82) is 0 Å². The largest absolute Gasteiger partial charge is 0.468 e. The fourth-order valence-electron chi connectivity index (χ4n) is 0.961. The maximum absolute atomic E-state index is 11.0. The summed E-state index contributed by atoms with van der Waals surface area (Å²) >= 11 is 3.20. The van der Waals surface area contributed by atoms with Crippen molar-refractivity contribution in [1.82, 2.24) is 5.32 Å². The SMILES string of the molecule is COC(=O)[C@H](C)NCc1ccc(Br)o1. The van der Waals surface area contributed by atoms with E-state index < -0.39 is 0 Å². The maximum atomic E-state index is 11.0. The summed E-state index contributed by atoms with van der Waals surface area (Å²) in [4.78, 5) is 11.0. The van der Waals surface area contributed by atoms with Crippen molar-refractivity contribution in [2.24, 2.45) is 0 Å². The quantitative estimate of drug-likeness (QED) is 0.839. The fraction of sp³-hybridized carbons (Fsp3) is 0.444. The second kappa shape index (κ2) is 5.17. The van der Waals surface area contributed by atoms with Gasteiger partial charge >= 0.3 is 5.97 Å². The molecule has 0 aromatic carbocycles. The molecule has 4 nitrogen and oxygen atoms in total. The number of esters is 1. The van der Waals surface area contributed by atoms with Crippen molar-refractivity contribution in [2.75, 3.05) is 7.11 Å². The molecule has 0 aliphatic rings. The van der Waals surface area contributed by atoms with E-state index in [9.17, 15) is 4.79 Å². The predicted molar refractivity (Wildman–Crippen MR) is 54.7 cm³/mol. The van der Waals surface area contributed by atoms with E-state index in [-0.39, 0.29) is 12.0 Å². The molecule has 0 bridgehead atoms. The van der Waals surface area contributed by atoms with Crippen LogP contribution in [0.2, 0.25) is 0 Å². The predicted octanol–water partition coefficient (Wildman–Crippen LogP) is 1.69. The first-order valence-electron chi connectivity index (χ1n) is 4.19. The van der Waals surface area contributed by atoms with Gasteiger partial charge in [0.2, 0.25) is 0 Å². The molecular weight excluding hydrogens is 250 g/mol. The summed E-state index contributed by atoms with van der Waals surface area (Å²) in [5.74, 6) is 0.489. The number of ether oxygens (including phenoxy) is 1. The Balaban J connectivity index is 2.37. The minimum absolute atomic E-state index is 0.282. The fourth-order valence-corrected chi connectivity index (χ4v) is 1.30. The number of hydrogen-bond acceptors (Lipinski definition) is 4. The lowest BCUT2D eigenvalue weighted by Gasteiger charge is -2.09. The Bertz CT molecular complexity index is 311. The molecule has 0 saturated carbocycles. The van der Waals surface area contributed by atoms with Crippen LogP contribution in [0.1, 0.15) is 12.7 Å². The zero-order valence-corrected chi connectivity index (χ0v) is 9.63. The highest BCUT2D eigenvalue weighted by atomic mass is 79.9. The number of nitrogens with one attached hydrogen (secondary N) is 1. The molecule has 1 heterocycles. The summed E-state index contributed by atoms with van der Waals surface area (Å²) < 4.78 is 10.5. The zero-order valence-electron chi connectivity index (χ0n) is 8.04. The smallest absolute Gasteiger partial charge is 0.322 e. The Kier molecular flexibility index (Phi) is 4.16. The van der Waals surface area contributed by atoms with Gasteiger partial charge in [-0.05, 0) is 35.0 Å². The van der Waals surface area contributed by atoms with Crippen molar-refractivity contribution < 1.29 is 13.9 Å². The van der Waals surface area contributed by atoms with Crippen molar-refractivity contribution >= 4 is 21.9 Å². The molecule has 1 aromatic rings. The topological polar surface area (TPSA) is 51.5 Å². The van der Waals surface area contributed by atoms with Crippen LogP contribution in [0, 0.1) is 0 Å². The van der Waals surface area contributed by atoms with Crippen LogP contribution in [0.5, 0.6) is 0 Å². The van der Waals surface area contributed by atoms with Crippen molar-refractivity contribution in [2.45, 2.75) is 19.5 Å². The summed E-state index contributed by atoms with van der Waals surface area (Å²) in [7, 11) is 1.37. The molecule has 1 N–H and O–H groups in total. The molecule has 78 valence electrons. The maximum Gasteiger partial charge on any atom is 0.322 e. The Morgan fingerprint density at radius 2 is 2.43 bits per heavy atom. The number of carbonyl (C=O) groups is 1. The van der Waals surface area contributed by atoms with Gasteiger partial charge in [0.25, 0.3) is 0 Å². The molecule has 0 aliphatic carbocycles.